The van der Waals surface area contributed by atoms with E-state index in [9.17, 15) is 4.79 Å². The molecule has 0 bridgehead atoms. The highest BCUT2D eigenvalue weighted by atomic mass is 16.5. The number of nitrogens with two attached hydrogens (primary N) is 1. The molecule has 0 atom stereocenters. The minimum atomic E-state index is -0.00271. The number of methoxy groups -OCH3 is 1. The van der Waals surface area contributed by atoms with Crippen molar-refractivity contribution >= 4 is 11.6 Å². The number of nitrogen functional groups attached to an aromatic ring is 1. The highest BCUT2D eigenvalue weighted by molar-refractivity contribution is 5.99. The first kappa shape index (κ1) is 12.2. The maximum absolute atomic E-state index is 11.9. The molecule has 2 aromatic rings. The number of rotatable bonds is 5. The number of nitrogens with one attached hydrogen (secondary N) is 1. The predicted octanol–water partition coefficient (Wildman–Crippen LogP) is 1.82. The molecule has 0 fully saturated rings. The van der Waals surface area contributed by atoms with Crippen LogP contribution >= 0.6 is 0 Å². The fourth-order valence-electron chi connectivity index (χ4n) is 1.70. The SMILES string of the molecule is COc1ccc(CCC(=O)c2cn[nH]c2N)cc1. The Kier molecular flexibility index (Phi) is 3.62. The van der Waals surface area contributed by atoms with Gasteiger partial charge in [-0.3, -0.25) is 9.89 Å². The van der Waals surface area contributed by atoms with Gasteiger partial charge in [-0.05, 0) is 24.1 Å². The van der Waals surface area contributed by atoms with E-state index in [4.69, 9.17) is 10.5 Å². The number of aromatic amines is 1. The van der Waals surface area contributed by atoms with Gasteiger partial charge in [0.25, 0.3) is 0 Å². The number of aryl methyl sites for hydroxylation is 1. The van der Waals surface area contributed by atoms with Crippen LogP contribution in [0.25, 0.3) is 0 Å². The molecular formula is C13H15N3O2. The summed E-state index contributed by atoms with van der Waals surface area (Å²) in [5.41, 5.74) is 7.14. The Balaban J connectivity index is 1.95. The fourth-order valence-corrected chi connectivity index (χ4v) is 1.70. The van der Waals surface area contributed by atoms with Gasteiger partial charge in [0.15, 0.2) is 5.78 Å². The van der Waals surface area contributed by atoms with Gasteiger partial charge in [0.05, 0.1) is 18.9 Å². The van der Waals surface area contributed by atoms with Crippen LogP contribution in [-0.4, -0.2) is 23.1 Å². The lowest BCUT2D eigenvalue weighted by Gasteiger charge is -2.03. The number of carbonyl (C=O) groups excluding carboxylic acids is 1. The van der Waals surface area contributed by atoms with Crippen molar-refractivity contribution in [3.8, 4) is 5.75 Å². The van der Waals surface area contributed by atoms with Crippen molar-refractivity contribution in [3.63, 3.8) is 0 Å². The molecule has 3 N–H and O–H groups in total. The number of hydrogen-bond acceptors (Lipinski definition) is 4. The van der Waals surface area contributed by atoms with Crippen LogP contribution in [-0.2, 0) is 6.42 Å². The van der Waals surface area contributed by atoms with Crippen molar-refractivity contribution < 1.29 is 9.53 Å². The lowest BCUT2D eigenvalue weighted by atomic mass is 10.0. The zero-order valence-electron chi connectivity index (χ0n) is 10.1. The van der Waals surface area contributed by atoms with Gasteiger partial charge in [0.1, 0.15) is 11.6 Å². The monoisotopic (exact) mass is 245 g/mol. The third-order valence-electron chi connectivity index (χ3n) is 2.77. The lowest BCUT2D eigenvalue weighted by Crippen LogP contribution is -2.03. The highest BCUT2D eigenvalue weighted by Crippen LogP contribution is 2.15. The Morgan fingerprint density at radius 3 is 2.67 bits per heavy atom. The molecule has 1 aromatic carbocycles. The third-order valence-corrected chi connectivity index (χ3v) is 2.77. The van der Waals surface area contributed by atoms with Crippen LogP contribution in [0.15, 0.2) is 30.5 Å². The molecule has 0 unspecified atom stereocenters. The molecule has 0 radical (unpaired) electrons. The molecule has 0 spiro atoms. The normalized spacial score (nSPS) is 10.3. The summed E-state index contributed by atoms with van der Waals surface area (Å²) in [6.45, 7) is 0. The molecule has 0 amide bonds. The number of nitrogens with zero attached hydrogens (tertiary/aromatic N) is 1. The van der Waals surface area contributed by atoms with Gasteiger partial charge >= 0.3 is 0 Å². The van der Waals surface area contributed by atoms with Crippen LogP contribution in [0.5, 0.6) is 5.75 Å². The van der Waals surface area contributed by atoms with Crippen LogP contribution in [0.3, 0.4) is 0 Å². The standard InChI is InChI=1S/C13H15N3O2/c1-18-10-5-2-9(3-6-10)4-7-12(17)11-8-15-16-13(11)14/h2-3,5-6,8H,4,7H2,1H3,(H3,14,15,16). The first-order valence-corrected chi connectivity index (χ1v) is 5.65. The van der Waals surface area contributed by atoms with Gasteiger partial charge in [0, 0.05) is 6.42 Å². The van der Waals surface area contributed by atoms with Crippen molar-refractivity contribution in [1.82, 2.24) is 10.2 Å². The van der Waals surface area contributed by atoms with Crippen molar-refractivity contribution in [3.05, 3.63) is 41.6 Å². The number of carbonyl (C=O) groups is 1. The summed E-state index contributed by atoms with van der Waals surface area (Å²) in [5.74, 6) is 1.14. The topological polar surface area (TPSA) is 81.0 Å². The molecular weight excluding hydrogens is 230 g/mol. The van der Waals surface area contributed by atoms with Gasteiger partial charge in [-0.25, -0.2) is 0 Å². The summed E-state index contributed by atoms with van der Waals surface area (Å²) in [7, 11) is 1.63. The van der Waals surface area contributed by atoms with E-state index in [1.54, 1.807) is 7.11 Å². The fraction of sp³-hybridized carbons (Fsp3) is 0.231. The zero-order chi connectivity index (χ0) is 13.0. The first-order valence-electron chi connectivity index (χ1n) is 5.65. The highest BCUT2D eigenvalue weighted by Gasteiger charge is 2.11. The van der Waals surface area contributed by atoms with E-state index >= 15 is 0 Å². The number of hydrogen-bond donors (Lipinski definition) is 2. The predicted molar refractivity (Wildman–Crippen MR) is 68.6 cm³/mol. The van der Waals surface area contributed by atoms with Crippen LogP contribution < -0.4 is 10.5 Å². The molecule has 2 rings (SSSR count). The second-order valence-corrected chi connectivity index (χ2v) is 3.97. The Morgan fingerprint density at radius 2 is 2.11 bits per heavy atom. The van der Waals surface area contributed by atoms with Gasteiger partial charge in [-0.2, -0.15) is 5.10 Å². The van der Waals surface area contributed by atoms with Crippen LogP contribution in [0.1, 0.15) is 22.3 Å². The number of Topliss-reactive ketones (excluding diaryl/α,β-unsaturated/α-hetero) is 1. The molecule has 0 saturated carbocycles. The molecule has 18 heavy (non-hydrogen) atoms. The van der Waals surface area contributed by atoms with Crippen LogP contribution in [0.4, 0.5) is 5.82 Å². The number of ketones is 1. The third kappa shape index (κ3) is 2.68. The molecule has 1 aromatic heterocycles. The Hall–Kier alpha value is -2.30. The van der Waals surface area contributed by atoms with Gasteiger partial charge < -0.3 is 10.5 Å². The van der Waals surface area contributed by atoms with Gasteiger partial charge in [-0.15, -0.1) is 0 Å². The van der Waals surface area contributed by atoms with E-state index in [1.165, 1.54) is 6.20 Å². The van der Waals surface area contributed by atoms with E-state index < -0.39 is 0 Å². The minimum Gasteiger partial charge on any atom is -0.497 e. The first-order chi connectivity index (χ1) is 8.70. The average molecular weight is 245 g/mol. The second-order valence-electron chi connectivity index (χ2n) is 3.97. The van der Waals surface area contributed by atoms with Crippen molar-refractivity contribution in [2.24, 2.45) is 0 Å². The van der Waals surface area contributed by atoms with E-state index in [-0.39, 0.29) is 5.78 Å². The Bertz CT molecular complexity index is 531. The number of H-pyrrole nitrogens is 1. The van der Waals surface area contributed by atoms with E-state index in [2.05, 4.69) is 10.2 Å². The Morgan fingerprint density at radius 1 is 1.39 bits per heavy atom. The van der Waals surface area contributed by atoms with Crippen LogP contribution in [0.2, 0.25) is 0 Å². The molecule has 0 aliphatic carbocycles. The van der Waals surface area contributed by atoms with E-state index in [1.807, 2.05) is 24.3 Å². The summed E-state index contributed by atoms with van der Waals surface area (Å²) in [6.07, 6.45) is 2.55. The lowest BCUT2D eigenvalue weighted by molar-refractivity contribution is 0.0984. The van der Waals surface area contributed by atoms with Crippen LogP contribution in [0, 0.1) is 0 Å². The van der Waals surface area contributed by atoms with E-state index in [0.29, 0.717) is 24.2 Å². The number of ether oxygens (including phenoxy) is 1. The quantitative estimate of drug-likeness (QED) is 0.787. The van der Waals surface area contributed by atoms with Gasteiger partial charge in [-0.1, -0.05) is 12.1 Å². The maximum Gasteiger partial charge on any atom is 0.168 e. The molecule has 0 aliphatic rings. The molecule has 0 saturated heterocycles. The number of aromatic nitrogens is 2. The zero-order valence-corrected chi connectivity index (χ0v) is 10.1. The van der Waals surface area contributed by atoms with Crippen molar-refractivity contribution in [2.45, 2.75) is 12.8 Å². The van der Waals surface area contributed by atoms with Crippen molar-refractivity contribution in [2.75, 3.05) is 12.8 Å². The minimum absolute atomic E-state index is 0.00271. The average Bonchev–Trinajstić information content (AvgIpc) is 2.83. The van der Waals surface area contributed by atoms with Crippen molar-refractivity contribution in [1.29, 1.82) is 0 Å². The summed E-state index contributed by atoms with van der Waals surface area (Å²) < 4.78 is 5.07. The molecule has 5 heteroatoms. The molecule has 5 nitrogen and oxygen atoms in total. The summed E-state index contributed by atoms with van der Waals surface area (Å²) in [4.78, 5) is 11.9. The maximum atomic E-state index is 11.9. The number of benzene rings is 1. The second kappa shape index (κ2) is 5.35. The van der Waals surface area contributed by atoms with E-state index in [0.717, 1.165) is 11.3 Å². The largest absolute Gasteiger partial charge is 0.497 e. The van der Waals surface area contributed by atoms with Gasteiger partial charge in [0.2, 0.25) is 0 Å². The summed E-state index contributed by atoms with van der Waals surface area (Å²) in [5, 5.41) is 6.29. The Labute approximate surface area is 105 Å². The smallest absolute Gasteiger partial charge is 0.168 e. The molecule has 1 heterocycles. The number of anilines is 1. The summed E-state index contributed by atoms with van der Waals surface area (Å²) >= 11 is 0. The molecule has 94 valence electrons. The summed E-state index contributed by atoms with van der Waals surface area (Å²) in [6, 6.07) is 7.66. The molecule has 0 aliphatic heterocycles.